The van der Waals surface area contributed by atoms with Crippen molar-refractivity contribution in [3.05, 3.63) is 89.7 Å². The lowest BCUT2D eigenvalue weighted by atomic mass is 9.90. The van der Waals surface area contributed by atoms with E-state index in [-0.39, 0.29) is 16.8 Å². The molecule has 224 valence electrons. The first-order chi connectivity index (χ1) is 21.2. The molecule has 0 saturated carbocycles. The molecule has 2 aliphatic rings. The summed E-state index contributed by atoms with van der Waals surface area (Å²) in [6, 6.07) is 18.7. The third kappa shape index (κ3) is 6.81. The topological polar surface area (TPSA) is 97.0 Å². The van der Waals surface area contributed by atoms with Crippen molar-refractivity contribution >= 4 is 52.1 Å². The van der Waals surface area contributed by atoms with Crippen LogP contribution in [0, 0.1) is 0 Å². The second-order valence-electron chi connectivity index (χ2n) is 9.89. The lowest BCUT2D eigenvalue weighted by molar-refractivity contribution is -0.274. The minimum atomic E-state index is -4.75. The molecule has 4 aromatic rings. The number of aryl methyl sites for hydroxylation is 1. The largest absolute Gasteiger partial charge is 0.573 e. The van der Waals surface area contributed by atoms with Crippen molar-refractivity contribution in [3.8, 4) is 22.8 Å². The number of nitrogens with one attached hydrogen (secondary N) is 1. The number of hydrogen-bond acceptors (Lipinski definition) is 7. The molecule has 9 nitrogen and oxygen atoms in total. The van der Waals surface area contributed by atoms with Crippen molar-refractivity contribution in [1.29, 1.82) is 0 Å². The highest BCUT2D eigenvalue weighted by Crippen LogP contribution is 2.35. The van der Waals surface area contributed by atoms with Gasteiger partial charge in [0.15, 0.2) is 11.0 Å². The van der Waals surface area contributed by atoms with Gasteiger partial charge < -0.3 is 4.74 Å². The maximum atomic E-state index is 12.8. The number of ether oxygens (including phenoxy) is 1. The van der Waals surface area contributed by atoms with Gasteiger partial charge in [-0.2, -0.15) is 10.1 Å². The van der Waals surface area contributed by atoms with Crippen LogP contribution >= 0.6 is 24.0 Å². The number of rotatable bonds is 6. The number of alkyl halides is 3. The van der Waals surface area contributed by atoms with E-state index in [0.717, 1.165) is 42.5 Å². The average Bonchev–Trinajstić information content (AvgIpc) is 3.64. The lowest BCUT2D eigenvalue weighted by Crippen LogP contribution is -2.32. The number of aromatic nitrogens is 3. The molecule has 0 spiro atoms. The zero-order chi connectivity index (χ0) is 30.7. The van der Waals surface area contributed by atoms with Crippen LogP contribution in [0.4, 0.5) is 18.9 Å². The fourth-order valence-corrected chi connectivity index (χ4v) is 6.03. The second kappa shape index (κ2) is 12.6. The van der Waals surface area contributed by atoms with E-state index in [1.54, 1.807) is 11.1 Å². The molecule has 0 radical (unpaired) electrons. The van der Waals surface area contributed by atoms with E-state index in [0.29, 0.717) is 22.4 Å². The third-order valence-electron chi connectivity index (χ3n) is 6.94. The number of carbonyl (C=O) groups excluding carboxylic acids is 1. The molecule has 6 rings (SSSR count). The number of halogens is 3. The Hall–Kier alpha value is -4.56. The number of amides is 1. The molecule has 0 bridgehead atoms. The van der Waals surface area contributed by atoms with Crippen LogP contribution in [0.2, 0.25) is 0 Å². The first-order valence-electron chi connectivity index (χ1n) is 13.6. The van der Waals surface area contributed by atoms with Crippen LogP contribution in [0.25, 0.3) is 17.1 Å². The Labute approximate surface area is 259 Å². The highest BCUT2D eigenvalue weighted by atomic mass is 32.2. The highest BCUT2D eigenvalue weighted by Gasteiger charge is 2.33. The third-order valence-corrected chi connectivity index (χ3v) is 8.05. The van der Waals surface area contributed by atoms with Gasteiger partial charge >= 0.3 is 6.36 Å². The number of thioether (sulfide) groups is 1. The number of fused-ring (bicyclic) bond motifs is 1. The van der Waals surface area contributed by atoms with Crippen LogP contribution in [0.5, 0.6) is 5.75 Å². The summed E-state index contributed by atoms with van der Waals surface area (Å²) in [7, 11) is 0. The van der Waals surface area contributed by atoms with Crippen LogP contribution in [-0.4, -0.2) is 49.3 Å². The fraction of sp³-hybridized carbons (Fsp3) is 0.200. The summed E-state index contributed by atoms with van der Waals surface area (Å²) < 4.78 is 42.6. The maximum absolute atomic E-state index is 12.8. The molecule has 3 aromatic carbocycles. The van der Waals surface area contributed by atoms with E-state index >= 15 is 0 Å². The zero-order valence-corrected chi connectivity index (χ0v) is 24.6. The zero-order valence-electron chi connectivity index (χ0n) is 23.0. The first kappa shape index (κ1) is 29.5. The summed E-state index contributed by atoms with van der Waals surface area (Å²) >= 11 is 6.74. The lowest BCUT2D eigenvalue weighted by Gasteiger charge is -2.24. The predicted molar refractivity (Wildman–Crippen MR) is 167 cm³/mol. The molecule has 1 aromatic heterocycles. The average molecular weight is 636 g/mol. The van der Waals surface area contributed by atoms with E-state index in [1.807, 2.05) is 36.4 Å². The summed E-state index contributed by atoms with van der Waals surface area (Å²) in [5, 5.41) is 9.27. The van der Waals surface area contributed by atoms with Gasteiger partial charge in [-0.05, 0) is 84.9 Å². The normalized spacial score (nSPS) is 16.0. The molecule has 1 fully saturated rings. The molecule has 0 atom stereocenters. The minimum absolute atomic E-state index is 0.0214. The minimum Gasteiger partial charge on any atom is -0.406 e. The van der Waals surface area contributed by atoms with Crippen LogP contribution in [0.15, 0.2) is 83.2 Å². The number of nitrogens with zero attached hydrogens (tertiary/aromatic N) is 6. The summed E-state index contributed by atoms with van der Waals surface area (Å²) in [5.74, 6) is 0.400. The molecule has 2 heterocycles. The van der Waals surface area contributed by atoms with E-state index in [9.17, 15) is 18.0 Å². The van der Waals surface area contributed by atoms with E-state index in [1.165, 1.54) is 58.2 Å². The molecule has 1 aliphatic carbocycles. The van der Waals surface area contributed by atoms with Crippen molar-refractivity contribution < 1.29 is 22.7 Å². The molecule has 1 amide bonds. The summed E-state index contributed by atoms with van der Waals surface area (Å²) in [4.78, 5) is 23.2. The Bertz CT molecular complexity index is 1750. The van der Waals surface area contributed by atoms with Gasteiger partial charge in [-0.15, -0.1) is 18.3 Å². The summed E-state index contributed by atoms with van der Waals surface area (Å²) in [6.45, 7) is 0. The first-order valence-corrected chi connectivity index (χ1v) is 15.0. The number of amidine groups is 1. The summed E-state index contributed by atoms with van der Waals surface area (Å²) in [5.41, 5.74) is 8.17. The number of carbonyl (C=O) groups is 1. The van der Waals surface area contributed by atoms with Gasteiger partial charge in [-0.1, -0.05) is 48.2 Å². The van der Waals surface area contributed by atoms with Crippen molar-refractivity contribution in [3.63, 3.8) is 0 Å². The van der Waals surface area contributed by atoms with E-state index in [2.05, 4.69) is 36.4 Å². The monoisotopic (exact) mass is 635 g/mol. The molecule has 44 heavy (non-hydrogen) atoms. The number of aliphatic imine (C=N–C) groups is 1. The number of hydrazone groups is 1. The van der Waals surface area contributed by atoms with Crippen LogP contribution in [0.1, 0.15) is 29.5 Å². The Morgan fingerprint density at radius 1 is 1.05 bits per heavy atom. The predicted octanol–water partition coefficient (Wildman–Crippen LogP) is 6.06. The number of hydrogen-bond donors (Lipinski definition) is 1. The number of benzene rings is 3. The molecule has 1 N–H and O–H groups in total. The molecule has 14 heteroatoms. The number of thiocarbonyl (C=S) groups is 1. The van der Waals surface area contributed by atoms with Gasteiger partial charge in [0.2, 0.25) is 11.0 Å². The highest BCUT2D eigenvalue weighted by molar-refractivity contribution is 8.15. The van der Waals surface area contributed by atoms with Crippen molar-refractivity contribution in [2.24, 2.45) is 10.1 Å². The Kier molecular flexibility index (Phi) is 8.44. The molecule has 1 saturated heterocycles. The Balaban J connectivity index is 1.08. The fourth-order valence-electron chi connectivity index (χ4n) is 4.96. The maximum Gasteiger partial charge on any atom is 0.573 e. The molecule has 1 aliphatic heterocycles. The van der Waals surface area contributed by atoms with E-state index in [4.69, 9.17) is 12.2 Å². The van der Waals surface area contributed by atoms with Crippen LogP contribution in [0.3, 0.4) is 0 Å². The Morgan fingerprint density at radius 3 is 2.59 bits per heavy atom. The molecular formula is C30H24F3N7O2S2. The van der Waals surface area contributed by atoms with Gasteiger partial charge in [0.05, 0.1) is 23.3 Å². The second-order valence-corrected chi connectivity index (χ2v) is 11.2. The molecule has 0 unspecified atom stereocenters. The van der Waals surface area contributed by atoms with Gasteiger partial charge in [0, 0.05) is 5.56 Å². The van der Waals surface area contributed by atoms with Gasteiger partial charge in [-0.25, -0.2) is 9.67 Å². The quantitative estimate of drug-likeness (QED) is 0.156. The molecular weight excluding hydrogens is 612 g/mol. The van der Waals surface area contributed by atoms with Crippen molar-refractivity contribution in [1.82, 2.24) is 20.2 Å². The van der Waals surface area contributed by atoms with Crippen molar-refractivity contribution in [2.75, 3.05) is 10.7 Å². The van der Waals surface area contributed by atoms with Gasteiger partial charge in [0.25, 0.3) is 0 Å². The van der Waals surface area contributed by atoms with Gasteiger partial charge in [-0.3, -0.25) is 15.1 Å². The van der Waals surface area contributed by atoms with Crippen LogP contribution < -0.4 is 15.1 Å². The Morgan fingerprint density at radius 2 is 1.82 bits per heavy atom. The van der Waals surface area contributed by atoms with E-state index < -0.39 is 6.36 Å². The smallest absolute Gasteiger partial charge is 0.406 e. The number of anilines is 1. The van der Waals surface area contributed by atoms with Crippen molar-refractivity contribution in [2.45, 2.75) is 32.0 Å². The van der Waals surface area contributed by atoms with Gasteiger partial charge in [0.1, 0.15) is 12.1 Å². The standard InChI is InChI=1S/C30H24F3N7O2S2/c31-30(32,33)42-23-14-12-22(13-15-23)39-18-34-27(38-39)21-10-8-19(9-11-21)16-35-37-28(43)36-29-40(26(41)17-44-29)25-7-3-5-20-4-1-2-6-24(20)25/h3,5,7-16,18H,1-2,4,6,17H2,(H,37,43)/b35-16+,36-29-. The SMILES string of the molecule is O=C1CS/C(=N\C(=S)N/N=C/c2ccc(-c3ncn(-c4ccc(OC(F)(F)F)cc4)n3)cc2)N1c1cccc2c1CCCC2. The van der Waals surface area contributed by atoms with Crippen LogP contribution in [-0.2, 0) is 17.6 Å². The summed E-state index contributed by atoms with van der Waals surface area (Å²) in [6.07, 6.45) is 2.52.